The lowest BCUT2D eigenvalue weighted by atomic mass is 10.1. The fourth-order valence-corrected chi connectivity index (χ4v) is 3.81. The molecule has 0 fully saturated rings. The zero-order chi connectivity index (χ0) is 20.8. The van der Waals surface area contributed by atoms with Crippen LogP contribution in [0, 0.1) is 5.82 Å². The first-order valence-electron chi connectivity index (χ1n) is 9.27. The minimum atomic E-state index is -1.01. The molecule has 0 aliphatic carbocycles. The second-order valence-electron chi connectivity index (χ2n) is 6.66. The van der Waals surface area contributed by atoms with Crippen molar-refractivity contribution in [3.8, 4) is 5.75 Å². The first kappa shape index (κ1) is 20.8. The first-order chi connectivity index (χ1) is 13.9. The van der Waals surface area contributed by atoms with Crippen molar-refractivity contribution >= 4 is 29.1 Å². The third kappa shape index (κ3) is 5.54. The summed E-state index contributed by atoms with van der Waals surface area (Å²) >= 11 is 1.70. The highest BCUT2D eigenvalue weighted by molar-refractivity contribution is 7.10. The molecule has 0 bridgehead atoms. The Labute approximate surface area is 171 Å². The van der Waals surface area contributed by atoms with E-state index in [1.807, 2.05) is 11.4 Å². The van der Waals surface area contributed by atoms with E-state index in [2.05, 4.69) is 10.9 Å². The van der Waals surface area contributed by atoms with Crippen molar-refractivity contribution in [2.45, 2.75) is 38.8 Å². The van der Waals surface area contributed by atoms with Crippen LogP contribution < -0.4 is 15.6 Å². The molecule has 154 valence electrons. The predicted molar refractivity (Wildman–Crippen MR) is 105 cm³/mol. The molecule has 3 amide bonds. The lowest BCUT2D eigenvalue weighted by Crippen LogP contribution is -2.47. The third-order valence-electron chi connectivity index (χ3n) is 4.56. The molecule has 3 rings (SSSR count). The lowest BCUT2D eigenvalue weighted by Gasteiger charge is -2.27. The summed E-state index contributed by atoms with van der Waals surface area (Å²) in [4.78, 5) is 39.3. The van der Waals surface area contributed by atoms with Crippen molar-refractivity contribution in [1.82, 2.24) is 15.8 Å². The number of ether oxygens (including phenoxy) is 1. The van der Waals surface area contributed by atoms with E-state index >= 15 is 0 Å². The Morgan fingerprint density at radius 2 is 2.00 bits per heavy atom. The Balaban J connectivity index is 1.38. The Hall–Kier alpha value is -2.94. The molecule has 1 aliphatic rings. The number of carbonyl (C=O) groups is 3. The van der Waals surface area contributed by atoms with Gasteiger partial charge in [0.15, 0.2) is 17.7 Å². The molecule has 1 aromatic carbocycles. The molecule has 2 heterocycles. The molecule has 1 unspecified atom stereocenters. The maximum Gasteiger partial charge on any atom is 0.279 e. The predicted octanol–water partition coefficient (Wildman–Crippen LogP) is 2.17. The van der Waals surface area contributed by atoms with Crippen LogP contribution in [0.15, 0.2) is 35.7 Å². The fourth-order valence-electron chi connectivity index (χ4n) is 2.92. The van der Waals surface area contributed by atoms with Gasteiger partial charge < -0.3 is 9.64 Å². The Kier molecular flexibility index (Phi) is 6.82. The van der Waals surface area contributed by atoms with Crippen LogP contribution in [0.1, 0.15) is 30.2 Å². The van der Waals surface area contributed by atoms with Crippen LogP contribution in [0.2, 0.25) is 0 Å². The number of nitrogens with zero attached hydrogens (tertiary/aromatic N) is 1. The molecule has 0 saturated carbocycles. The van der Waals surface area contributed by atoms with Crippen molar-refractivity contribution in [2.24, 2.45) is 0 Å². The number of amides is 3. The Bertz CT molecular complexity index is 901. The van der Waals surface area contributed by atoms with Gasteiger partial charge in [-0.05, 0) is 42.5 Å². The van der Waals surface area contributed by atoms with E-state index in [1.54, 1.807) is 22.3 Å². The van der Waals surface area contributed by atoms with Crippen LogP contribution in [0.3, 0.4) is 0 Å². The van der Waals surface area contributed by atoms with Gasteiger partial charge in [-0.2, -0.15) is 0 Å². The summed E-state index contributed by atoms with van der Waals surface area (Å²) in [5.74, 6) is -1.85. The van der Waals surface area contributed by atoms with E-state index in [0.29, 0.717) is 13.1 Å². The maximum atomic E-state index is 13.6. The summed E-state index contributed by atoms with van der Waals surface area (Å²) in [6.45, 7) is 2.66. The smallest absolute Gasteiger partial charge is 0.279 e. The summed E-state index contributed by atoms with van der Waals surface area (Å²) in [6.07, 6.45) is -0.167. The van der Waals surface area contributed by atoms with Crippen LogP contribution >= 0.6 is 11.3 Å². The van der Waals surface area contributed by atoms with E-state index in [0.717, 1.165) is 12.0 Å². The van der Waals surface area contributed by atoms with Gasteiger partial charge in [-0.3, -0.25) is 25.2 Å². The monoisotopic (exact) mass is 419 g/mol. The summed E-state index contributed by atoms with van der Waals surface area (Å²) in [5, 5.41) is 2.02. The minimum Gasteiger partial charge on any atom is -0.478 e. The van der Waals surface area contributed by atoms with E-state index in [9.17, 15) is 18.8 Å². The van der Waals surface area contributed by atoms with Gasteiger partial charge in [0.05, 0.1) is 0 Å². The zero-order valence-corrected chi connectivity index (χ0v) is 16.8. The number of benzene rings is 1. The molecule has 29 heavy (non-hydrogen) atoms. The van der Waals surface area contributed by atoms with Gasteiger partial charge in [0.2, 0.25) is 11.8 Å². The second kappa shape index (κ2) is 9.51. The molecule has 0 radical (unpaired) electrons. The maximum absolute atomic E-state index is 13.6. The summed E-state index contributed by atoms with van der Waals surface area (Å²) in [5.41, 5.74) is 5.64. The number of hydrogen-bond donors (Lipinski definition) is 2. The number of rotatable bonds is 6. The van der Waals surface area contributed by atoms with E-state index < -0.39 is 23.7 Å². The van der Waals surface area contributed by atoms with Gasteiger partial charge >= 0.3 is 0 Å². The largest absolute Gasteiger partial charge is 0.478 e. The normalized spacial score (nSPS) is 13.9. The van der Waals surface area contributed by atoms with Gasteiger partial charge in [0.1, 0.15) is 0 Å². The number of nitrogens with one attached hydrogen (secondary N) is 2. The zero-order valence-electron chi connectivity index (χ0n) is 15.9. The SMILES string of the molecule is CC(Oc1ccccc1F)C(=O)NNC(=O)CCC(=O)N1CCc2sccc2C1. The van der Waals surface area contributed by atoms with Gasteiger partial charge in [0.25, 0.3) is 5.91 Å². The van der Waals surface area contributed by atoms with Crippen molar-refractivity contribution < 1.29 is 23.5 Å². The molecular weight excluding hydrogens is 397 g/mol. The number of halogens is 1. The van der Waals surface area contributed by atoms with Gasteiger partial charge in [-0.1, -0.05) is 12.1 Å². The first-order valence-corrected chi connectivity index (χ1v) is 10.1. The summed E-state index contributed by atoms with van der Waals surface area (Å²) in [6, 6.07) is 7.75. The molecule has 2 N–H and O–H groups in total. The molecule has 1 aliphatic heterocycles. The van der Waals surface area contributed by atoms with Crippen LogP contribution in [0.5, 0.6) is 5.75 Å². The molecule has 9 heteroatoms. The highest BCUT2D eigenvalue weighted by Gasteiger charge is 2.22. The molecular formula is C20H22FN3O4S. The number of para-hydroxylation sites is 1. The number of thiophene rings is 1. The van der Waals surface area contributed by atoms with E-state index in [4.69, 9.17) is 4.74 Å². The average Bonchev–Trinajstić information content (AvgIpc) is 3.19. The van der Waals surface area contributed by atoms with Crippen LogP contribution in [0.25, 0.3) is 0 Å². The van der Waals surface area contributed by atoms with Gasteiger partial charge in [-0.15, -0.1) is 11.3 Å². The molecule has 1 atom stereocenters. The third-order valence-corrected chi connectivity index (χ3v) is 5.58. The summed E-state index contributed by atoms with van der Waals surface area (Å²) in [7, 11) is 0. The molecule has 7 nitrogen and oxygen atoms in total. The second-order valence-corrected chi connectivity index (χ2v) is 7.66. The van der Waals surface area contributed by atoms with E-state index in [1.165, 1.54) is 30.0 Å². The average molecular weight is 419 g/mol. The highest BCUT2D eigenvalue weighted by Crippen LogP contribution is 2.24. The molecule has 2 aromatic rings. The summed E-state index contributed by atoms with van der Waals surface area (Å²) < 4.78 is 18.8. The van der Waals surface area contributed by atoms with Crippen LogP contribution in [0.4, 0.5) is 4.39 Å². The Morgan fingerprint density at radius 3 is 2.79 bits per heavy atom. The Morgan fingerprint density at radius 1 is 1.21 bits per heavy atom. The van der Waals surface area contributed by atoms with Crippen molar-refractivity contribution in [2.75, 3.05) is 6.54 Å². The number of fused-ring (bicyclic) bond motifs is 1. The van der Waals surface area contributed by atoms with Crippen molar-refractivity contribution in [3.63, 3.8) is 0 Å². The molecule has 0 saturated heterocycles. The lowest BCUT2D eigenvalue weighted by molar-refractivity contribution is -0.135. The van der Waals surface area contributed by atoms with Crippen molar-refractivity contribution in [1.29, 1.82) is 0 Å². The van der Waals surface area contributed by atoms with E-state index in [-0.39, 0.29) is 24.5 Å². The van der Waals surface area contributed by atoms with Crippen LogP contribution in [-0.4, -0.2) is 35.3 Å². The van der Waals surface area contributed by atoms with Gasteiger partial charge in [0, 0.05) is 30.8 Å². The number of hydrogen-bond acceptors (Lipinski definition) is 5. The minimum absolute atomic E-state index is 0.0470. The standard InChI is InChI=1S/C20H22FN3O4S/c1-13(28-16-5-3-2-4-15(16)21)20(27)23-22-18(25)6-7-19(26)24-10-8-17-14(12-24)9-11-29-17/h2-5,9,11,13H,6-8,10,12H2,1H3,(H,22,25)(H,23,27). The number of carbonyl (C=O) groups excluding carboxylic acids is 3. The fraction of sp³-hybridized carbons (Fsp3) is 0.350. The molecule has 0 spiro atoms. The molecule has 1 aromatic heterocycles. The highest BCUT2D eigenvalue weighted by atomic mass is 32.1. The quantitative estimate of drug-likeness (QED) is 0.703. The van der Waals surface area contributed by atoms with Crippen LogP contribution in [-0.2, 0) is 27.3 Å². The van der Waals surface area contributed by atoms with Gasteiger partial charge in [-0.25, -0.2) is 4.39 Å². The topological polar surface area (TPSA) is 87.7 Å². The van der Waals surface area contributed by atoms with Crippen molar-refractivity contribution in [3.05, 3.63) is 52.0 Å². The number of hydrazine groups is 1.